The smallest absolute Gasteiger partial charge is 0.336 e. The SMILES string of the molecule is COC(=O)[C@]1(NC(C)=O)CC(C)=C2COCC2=C1c1ccccc1. The Morgan fingerprint density at radius 1 is 1.17 bits per heavy atom. The molecule has 1 aromatic carbocycles. The number of rotatable bonds is 3. The van der Waals surface area contributed by atoms with E-state index in [2.05, 4.69) is 5.32 Å². The van der Waals surface area contributed by atoms with Crippen molar-refractivity contribution in [2.75, 3.05) is 20.3 Å². The van der Waals surface area contributed by atoms with Crippen molar-refractivity contribution in [2.45, 2.75) is 25.8 Å². The average Bonchev–Trinajstić information content (AvgIpc) is 3.04. The molecule has 0 saturated carbocycles. The van der Waals surface area contributed by atoms with Crippen molar-refractivity contribution in [1.29, 1.82) is 0 Å². The molecule has 3 rings (SSSR count). The van der Waals surface area contributed by atoms with Gasteiger partial charge >= 0.3 is 5.97 Å². The minimum Gasteiger partial charge on any atom is -0.467 e. The number of carbonyl (C=O) groups is 2. The lowest BCUT2D eigenvalue weighted by atomic mass is 9.71. The fourth-order valence-electron chi connectivity index (χ4n) is 3.72. The molecule has 2 aliphatic rings. The van der Waals surface area contributed by atoms with Crippen LogP contribution in [0.4, 0.5) is 0 Å². The van der Waals surface area contributed by atoms with Gasteiger partial charge in [-0.15, -0.1) is 0 Å². The predicted octanol–water partition coefficient (Wildman–Crippen LogP) is 2.24. The maximum absolute atomic E-state index is 12.8. The number of hydrogen-bond donors (Lipinski definition) is 1. The number of nitrogens with one attached hydrogen (secondary N) is 1. The summed E-state index contributed by atoms with van der Waals surface area (Å²) >= 11 is 0. The summed E-state index contributed by atoms with van der Waals surface area (Å²) in [6.07, 6.45) is 0.381. The number of benzene rings is 1. The number of methoxy groups -OCH3 is 1. The molecule has 5 nitrogen and oxygen atoms in total. The van der Waals surface area contributed by atoms with Gasteiger partial charge < -0.3 is 14.8 Å². The fourth-order valence-corrected chi connectivity index (χ4v) is 3.72. The summed E-state index contributed by atoms with van der Waals surface area (Å²) in [6.45, 7) is 4.35. The minimum atomic E-state index is -1.22. The van der Waals surface area contributed by atoms with Gasteiger partial charge in [0.1, 0.15) is 0 Å². The Morgan fingerprint density at radius 2 is 1.83 bits per heavy atom. The van der Waals surface area contributed by atoms with E-state index in [1.165, 1.54) is 14.0 Å². The van der Waals surface area contributed by atoms with Crippen LogP contribution in [0.15, 0.2) is 47.1 Å². The zero-order valence-electron chi connectivity index (χ0n) is 14.1. The zero-order valence-corrected chi connectivity index (χ0v) is 14.1. The van der Waals surface area contributed by atoms with E-state index in [0.717, 1.165) is 27.9 Å². The van der Waals surface area contributed by atoms with Crippen LogP contribution < -0.4 is 5.32 Å². The molecule has 126 valence electrons. The normalized spacial score (nSPS) is 23.1. The molecule has 1 aromatic rings. The molecule has 0 unspecified atom stereocenters. The third-order valence-corrected chi connectivity index (χ3v) is 4.62. The van der Waals surface area contributed by atoms with Crippen molar-refractivity contribution < 1.29 is 19.1 Å². The van der Waals surface area contributed by atoms with Gasteiger partial charge in [-0.1, -0.05) is 35.9 Å². The van der Waals surface area contributed by atoms with E-state index in [4.69, 9.17) is 9.47 Å². The van der Waals surface area contributed by atoms with E-state index < -0.39 is 11.5 Å². The maximum Gasteiger partial charge on any atom is 0.336 e. The van der Waals surface area contributed by atoms with Gasteiger partial charge in [-0.05, 0) is 23.6 Å². The van der Waals surface area contributed by atoms with Crippen molar-refractivity contribution in [1.82, 2.24) is 5.32 Å². The van der Waals surface area contributed by atoms with Crippen LogP contribution in [-0.2, 0) is 19.1 Å². The molecule has 0 radical (unpaired) electrons. The molecule has 1 saturated heterocycles. The number of amides is 1. The molecular weight excluding hydrogens is 306 g/mol. The van der Waals surface area contributed by atoms with Crippen LogP contribution in [0.2, 0.25) is 0 Å². The molecular formula is C19H21NO4. The highest BCUT2D eigenvalue weighted by atomic mass is 16.5. The number of ether oxygens (including phenoxy) is 2. The lowest BCUT2D eigenvalue weighted by Crippen LogP contribution is -2.57. The van der Waals surface area contributed by atoms with Gasteiger partial charge in [0.15, 0.2) is 5.54 Å². The van der Waals surface area contributed by atoms with E-state index in [9.17, 15) is 9.59 Å². The molecule has 1 heterocycles. The van der Waals surface area contributed by atoms with Crippen LogP contribution in [0, 0.1) is 0 Å². The molecule has 1 amide bonds. The summed E-state index contributed by atoms with van der Waals surface area (Å²) in [6, 6.07) is 9.64. The van der Waals surface area contributed by atoms with Gasteiger partial charge in [-0.3, -0.25) is 4.79 Å². The molecule has 24 heavy (non-hydrogen) atoms. The second-order valence-electron chi connectivity index (χ2n) is 6.23. The fraction of sp³-hybridized carbons (Fsp3) is 0.368. The van der Waals surface area contributed by atoms with Crippen LogP contribution in [0.5, 0.6) is 0 Å². The van der Waals surface area contributed by atoms with Crippen LogP contribution in [-0.4, -0.2) is 37.7 Å². The second-order valence-corrected chi connectivity index (χ2v) is 6.23. The van der Waals surface area contributed by atoms with Crippen molar-refractivity contribution in [2.24, 2.45) is 0 Å². The molecule has 1 aliphatic carbocycles. The van der Waals surface area contributed by atoms with Crippen LogP contribution in [0.25, 0.3) is 5.57 Å². The van der Waals surface area contributed by atoms with Crippen molar-refractivity contribution >= 4 is 17.4 Å². The van der Waals surface area contributed by atoms with E-state index in [0.29, 0.717) is 19.6 Å². The highest BCUT2D eigenvalue weighted by Gasteiger charge is 2.50. The first kappa shape index (κ1) is 16.5. The lowest BCUT2D eigenvalue weighted by molar-refractivity contribution is -0.148. The largest absolute Gasteiger partial charge is 0.467 e. The van der Waals surface area contributed by atoms with E-state index in [-0.39, 0.29) is 5.91 Å². The van der Waals surface area contributed by atoms with Crippen LogP contribution >= 0.6 is 0 Å². The number of esters is 1. The first-order valence-electron chi connectivity index (χ1n) is 7.92. The summed E-state index contributed by atoms with van der Waals surface area (Å²) in [7, 11) is 1.35. The van der Waals surface area contributed by atoms with Gasteiger partial charge in [0.05, 0.1) is 20.3 Å². The van der Waals surface area contributed by atoms with Gasteiger partial charge in [-0.25, -0.2) is 4.79 Å². The van der Waals surface area contributed by atoms with Gasteiger partial charge in [0.25, 0.3) is 0 Å². The third kappa shape index (κ3) is 2.55. The Kier molecular flexibility index (Phi) is 4.28. The Bertz CT molecular complexity index is 748. The predicted molar refractivity (Wildman–Crippen MR) is 90.1 cm³/mol. The molecule has 0 spiro atoms. The summed E-state index contributed by atoms with van der Waals surface area (Å²) < 4.78 is 10.7. The molecule has 1 atom stereocenters. The van der Waals surface area contributed by atoms with E-state index in [1.807, 2.05) is 37.3 Å². The van der Waals surface area contributed by atoms with Gasteiger partial charge in [0, 0.05) is 18.9 Å². The van der Waals surface area contributed by atoms with Crippen molar-refractivity contribution in [3.63, 3.8) is 0 Å². The Morgan fingerprint density at radius 3 is 2.46 bits per heavy atom. The summed E-state index contributed by atoms with van der Waals surface area (Å²) in [5, 5.41) is 2.88. The molecule has 1 fully saturated rings. The van der Waals surface area contributed by atoms with E-state index >= 15 is 0 Å². The quantitative estimate of drug-likeness (QED) is 0.865. The zero-order chi connectivity index (χ0) is 17.3. The average molecular weight is 327 g/mol. The van der Waals surface area contributed by atoms with Crippen LogP contribution in [0.1, 0.15) is 25.8 Å². The molecule has 0 aromatic heterocycles. The second kappa shape index (κ2) is 6.24. The maximum atomic E-state index is 12.8. The molecule has 1 N–H and O–H groups in total. The highest BCUT2D eigenvalue weighted by Crippen LogP contribution is 2.45. The Balaban J connectivity index is 2.30. The first-order valence-corrected chi connectivity index (χ1v) is 7.92. The lowest BCUT2D eigenvalue weighted by Gasteiger charge is -2.39. The van der Waals surface area contributed by atoms with Crippen molar-refractivity contribution in [3.05, 3.63) is 52.6 Å². The number of hydrogen-bond acceptors (Lipinski definition) is 4. The van der Waals surface area contributed by atoms with Crippen molar-refractivity contribution in [3.8, 4) is 0 Å². The Hall–Kier alpha value is -2.40. The molecule has 0 bridgehead atoms. The van der Waals surface area contributed by atoms with Gasteiger partial charge in [-0.2, -0.15) is 0 Å². The number of carbonyl (C=O) groups excluding carboxylic acids is 2. The topological polar surface area (TPSA) is 64.6 Å². The summed E-state index contributed by atoms with van der Waals surface area (Å²) in [5.74, 6) is -0.737. The third-order valence-electron chi connectivity index (χ3n) is 4.62. The summed E-state index contributed by atoms with van der Waals surface area (Å²) in [5.41, 5.74) is 3.59. The molecule has 5 heteroatoms. The van der Waals surface area contributed by atoms with E-state index in [1.54, 1.807) is 0 Å². The highest BCUT2D eigenvalue weighted by molar-refractivity contribution is 6.04. The number of fused-ring (bicyclic) bond motifs is 1. The Labute approximate surface area is 141 Å². The summed E-state index contributed by atoms with van der Waals surface area (Å²) in [4.78, 5) is 24.7. The standard InChI is InChI=1S/C19H21NO4/c1-12-9-19(18(22)23-3,20-13(2)21)17(14-7-5-4-6-8-14)16-11-24-10-15(12)16/h4-8H,9-11H2,1-3H3,(H,20,21)/t19-/m0/s1. The molecule has 1 aliphatic heterocycles. The first-order chi connectivity index (χ1) is 11.5. The van der Waals surface area contributed by atoms with Crippen LogP contribution in [0.3, 0.4) is 0 Å². The monoisotopic (exact) mass is 327 g/mol. The minimum absolute atomic E-state index is 0.274. The van der Waals surface area contributed by atoms with Gasteiger partial charge in [0.2, 0.25) is 5.91 Å².